The number of nitrogens with two attached hydrogens (primary N) is 1. The van der Waals surface area contributed by atoms with Crippen LogP contribution in [0.4, 0.5) is 5.69 Å². The van der Waals surface area contributed by atoms with Crippen LogP contribution in [0.2, 0.25) is 0 Å². The number of carbonyl (C=O) groups is 1. The minimum Gasteiger partial charge on any atom is -0.462 e. The molecule has 7 rings (SSSR count). The van der Waals surface area contributed by atoms with Crippen LogP contribution in [0.15, 0.2) is 90.2 Å². The summed E-state index contributed by atoms with van der Waals surface area (Å²) in [5.74, 6) is 1.21. The summed E-state index contributed by atoms with van der Waals surface area (Å²) in [6, 6.07) is 16.6. The van der Waals surface area contributed by atoms with Crippen molar-refractivity contribution in [3.63, 3.8) is 0 Å². The first-order chi connectivity index (χ1) is 24.0. The summed E-state index contributed by atoms with van der Waals surface area (Å²) in [4.78, 5) is 11.9. The van der Waals surface area contributed by atoms with Gasteiger partial charge in [-0.05, 0) is 146 Å². The molecule has 5 aliphatic rings. The Morgan fingerprint density at radius 1 is 1.04 bits per heavy atom. The van der Waals surface area contributed by atoms with E-state index in [9.17, 15) is 9.90 Å². The second kappa shape index (κ2) is 14.9. The number of allylic oxidation sites excluding steroid dienone is 3. The third kappa shape index (κ3) is 7.38. The van der Waals surface area contributed by atoms with E-state index >= 15 is 0 Å². The summed E-state index contributed by atoms with van der Waals surface area (Å²) in [5.41, 5.74) is 13.8. The molecule has 1 spiro atoms. The number of rotatable bonds is 7. The van der Waals surface area contributed by atoms with Crippen LogP contribution in [-0.4, -0.2) is 42.5 Å². The molecule has 4 aliphatic carbocycles. The molecule has 6 atom stereocenters. The van der Waals surface area contributed by atoms with Crippen LogP contribution in [-0.2, 0) is 9.47 Å². The van der Waals surface area contributed by atoms with Gasteiger partial charge in [0.2, 0.25) is 0 Å². The van der Waals surface area contributed by atoms with Crippen molar-refractivity contribution in [2.24, 2.45) is 28.4 Å². The zero-order chi connectivity index (χ0) is 35.5. The maximum absolute atomic E-state index is 11.9. The Kier molecular flexibility index (Phi) is 10.8. The van der Waals surface area contributed by atoms with E-state index in [1.54, 1.807) is 28.9 Å². The van der Waals surface area contributed by atoms with Crippen molar-refractivity contribution >= 4 is 17.7 Å². The molecule has 6 unspecified atom stereocenters. The lowest BCUT2D eigenvalue weighted by molar-refractivity contribution is -0.101. The van der Waals surface area contributed by atoms with Crippen molar-refractivity contribution in [3.05, 3.63) is 107 Å². The van der Waals surface area contributed by atoms with Crippen LogP contribution in [0.5, 0.6) is 0 Å². The van der Waals surface area contributed by atoms with E-state index in [0.717, 1.165) is 57.2 Å². The molecule has 0 radical (unpaired) electrons. The van der Waals surface area contributed by atoms with Gasteiger partial charge < -0.3 is 25.6 Å². The highest BCUT2D eigenvalue weighted by Crippen LogP contribution is 2.64. The number of nitrogens with one attached hydrogen (secondary N) is 1. The van der Waals surface area contributed by atoms with Gasteiger partial charge in [0.1, 0.15) is 0 Å². The average molecular weight is 679 g/mol. The Morgan fingerprint density at radius 2 is 1.78 bits per heavy atom. The first-order valence-electron chi connectivity index (χ1n) is 18.9. The topological polar surface area (TPSA) is 93.8 Å². The largest absolute Gasteiger partial charge is 0.462 e. The second-order valence-electron chi connectivity index (χ2n) is 16.2. The monoisotopic (exact) mass is 678 g/mol. The van der Waals surface area contributed by atoms with Crippen LogP contribution in [0, 0.1) is 22.7 Å². The molecule has 268 valence electrons. The first-order valence-corrected chi connectivity index (χ1v) is 18.9. The van der Waals surface area contributed by atoms with Gasteiger partial charge in [-0.3, -0.25) is 0 Å². The summed E-state index contributed by atoms with van der Waals surface area (Å²) in [7, 11) is 0. The fourth-order valence-electron chi connectivity index (χ4n) is 9.64. The number of anilines is 1. The first kappa shape index (κ1) is 36.2. The summed E-state index contributed by atoms with van der Waals surface area (Å²) in [5, 5.41) is 14.7. The average Bonchev–Trinajstić information content (AvgIpc) is 3.42. The quantitative estimate of drug-likeness (QED) is 0.253. The van der Waals surface area contributed by atoms with Crippen molar-refractivity contribution < 1.29 is 19.4 Å². The molecule has 0 bridgehead atoms. The highest BCUT2D eigenvalue weighted by Gasteiger charge is 2.56. The summed E-state index contributed by atoms with van der Waals surface area (Å²) < 4.78 is 11.7. The third-order valence-corrected chi connectivity index (χ3v) is 12.4. The van der Waals surface area contributed by atoms with E-state index in [2.05, 4.69) is 80.9 Å². The van der Waals surface area contributed by atoms with E-state index in [4.69, 9.17) is 9.47 Å². The van der Waals surface area contributed by atoms with E-state index in [1.165, 1.54) is 30.2 Å². The predicted molar refractivity (Wildman–Crippen MR) is 204 cm³/mol. The van der Waals surface area contributed by atoms with Gasteiger partial charge in [0.25, 0.3) is 0 Å². The maximum atomic E-state index is 11.9. The van der Waals surface area contributed by atoms with Crippen molar-refractivity contribution in [1.29, 1.82) is 0 Å². The Labute approximate surface area is 299 Å². The molecule has 6 nitrogen and oxygen atoms in total. The second-order valence-corrected chi connectivity index (χ2v) is 16.2. The Bertz CT molecular complexity index is 1610. The fourth-order valence-corrected chi connectivity index (χ4v) is 9.64. The molecule has 2 saturated carbocycles. The zero-order valence-corrected chi connectivity index (χ0v) is 30.7. The van der Waals surface area contributed by atoms with Gasteiger partial charge in [0.15, 0.2) is 0 Å². The summed E-state index contributed by atoms with van der Waals surface area (Å²) >= 11 is 0. The van der Waals surface area contributed by atoms with Gasteiger partial charge in [-0.25, -0.2) is 4.79 Å². The lowest BCUT2D eigenvalue weighted by Crippen LogP contribution is -2.46. The number of aliphatic hydroxyl groups excluding tert-OH is 1. The third-order valence-electron chi connectivity index (χ3n) is 12.4. The molecule has 0 aromatic heterocycles. The van der Waals surface area contributed by atoms with Crippen LogP contribution in [0.1, 0.15) is 113 Å². The molecule has 6 heteroatoms. The van der Waals surface area contributed by atoms with Crippen molar-refractivity contribution in [2.45, 2.75) is 103 Å². The van der Waals surface area contributed by atoms with Gasteiger partial charge in [-0.15, -0.1) is 0 Å². The molecular formula is C44H58N2O4. The Morgan fingerprint density at radius 3 is 2.46 bits per heavy atom. The standard InChI is InChI=1S/C42H53NO4.C2H5N/c1-5-46-39(45)30-12-15-32(16-13-30)43-24-6-7-28-8-10-29(11-9-28)35-26-41(4)36(18-19-37(41)44)34-17-14-31-25-42(21-20-33(31)38(34)35)23-22-40(2,3)27-47-42;1-2-3/h6-13,15-16,25,34-37,43-44H,5,14,17-24,26-27H2,1-4H3;2H,1,3H2/b7-6+;. The predicted octanol–water partition coefficient (Wildman–Crippen LogP) is 9.34. The maximum Gasteiger partial charge on any atom is 0.338 e. The molecule has 0 amide bonds. The molecule has 1 aliphatic heterocycles. The smallest absolute Gasteiger partial charge is 0.338 e. The zero-order valence-electron chi connectivity index (χ0n) is 30.7. The number of esters is 1. The number of hydrogen-bond donors (Lipinski definition) is 3. The number of fused-ring (bicyclic) bond motifs is 4. The van der Waals surface area contributed by atoms with Gasteiger partial charge in [0, 0.05) is 18.2 Å². The minimum absolute atomic E-state index is 0.0205. The highest BCUT2D eigenvalue weighted by atomic mass is 16.5. The Hall–Kier alpha value is -3.61. The molecule has 3 fully saturated rings. The van der Waals surface area contributed by atoms with Gasteiger partial charge in [0.05, 0.1) is 30.5 Å². The summed E-state index contributed by atoms with van der Waals surface area (Å²) in [6.07, 6.45) is 18.0. The lowest BCUT2D eigenvalue weighted by Gasteiger charge is -2.53. The van der Waals surface area contributed by atoms with Gasteiger partial charge in [-0.2, -0.15) is 0 Å². The SMILES string of the molecule is C=CN.CCOC(=O)c1ccc(NC/C=C/c2ccc(C3CC4(C)C(O)CCC4C4CCC5=CC6(CCC5=C34)CCC(C)(C)CO6)cc2)cc1. The van der Waals surface area contributed by atoms with Crippen molar-refractivity contribution in [2.75, 3.05) is 25.1 Å². The fraction of sp³-hybridized carbons (Fsp3) is 0.523. The van der Waals surface area contributed by atoms with E-state index < -0.39 is 0 Å². The van der Waals surface area contributed by atoms with Crippen LogP contribution < -0.4 is 11.1 Å². The minimum atomic E-state index is -0.290. The molecule has 1 saturated heterocycles. The highest BCUT2D eigenvalue weighted by molar-refractivity contribution is 5.89. The molecule has 2 aromatic carbocycles. The van der Waals surface area contributed by atoms with Gasteiger partial charge >= 0.3 is 5.97 Å². The molecule has 50 heavy (non-hydrogen) atoms. The molecule has 2 aromatic rings. The van der Waals surface area contributed by atoms with E-state index in [0.29, 0.717) is 36.5 Å². The van der Waals surface area contributed by atoms with E-state index in [-0.39, 0.29) is 28.5 Å². The number of benzene rings is 2. The van der Waals surface area contributed by atoms with E-state index in [1.807, 2.05) is 19.1 Å². The van der Waals surface area contributed by atoms with Crippen molar-refractivity contribution in [1.82, 2.24) is 0 Å². The number of ether oxygens (including phenoxy) is 2. The molecular weight excluding hydrogens is 620 g/mol. The van der Waals surface area contributed by atoms with Gasteiger partial charge in [-0.1, -0.05) is 69.3 Å². The summed E-state index contributed by atoms with van der Waals surface area (Å²) in [6.45, 7) is 13.9. The van der Waals surface area contributed by atoms with Crippen molar-refractivity contribution in [3.8, 4) is 0 Å². The van der Waals surface area contributed by atoms with Crippen LogP contribution in [0.3, 0.4) is 0 Å². The van der Waals surface area contributed by atoms with Crippen LogP contribution >= 0.6 is 0 Å². The molecule has 1 heterocycles. The Balaban J connectivity index is 0.00000139. The molecule has 4 N–H and O–H groups in total. The number of hydrogen-bond acceptors (Lipinski definition) is 6. The number of aliphatic hydroxyl groups is 1. The van der Waals surface area contributed by atoms with Crippen LogP contribution in [0.25, 0.3) is 6.08 Å². The normalized spacial score (nSPS) is 31.1. The lowest BCUT2D eigenvalue weighted by atomic mass is 9.53. The number of carbonyl (C=O) groups excluding carboxylic acids is 1.